The van der Waals surface area contributed by atoms with E-state index < -0.39 is 11.4 Å². The van der Waals surface area contributed by atoms with Crippen LogP contribution >= 0.6 is 0 Å². The van der Waals surface area contributed by atoms with Crippen molar-refractivity contribution < 1.29 is 23.8 Å². The van der Waals surface area contributed by atoms with Crippen LogP contribution in [-0.4, -0.2) is 97.3 Å². The van der Waals surface area contributed by atoms with Crippen molar-refractivity contribution in [2.45, 2.75) is 132 Å². The average Bonchev–Trinajstić information content (AvgIpc) is 3.89. The van der Waals surface area contributed by atoms with E-state index in [1.54, 1.807) is 0 Å². The Kier molecular flexibility index (Phi) is 6.27. The van der Waals surface area contributed by atoms with Crippen LogP contribution in [0.15, 0.2) is 4.52 Å². The number of nitrogens with zero attached hydrogens (tertiary/aromatic N) is 7. The van der Waals surface area contributed by atoms with Gasteiger partial charge in [0.1, 0.15) is 17.8 Å². The third kappa shape index (κ3) is 3.95. The van der Waals surface area contributed by atoms with E-state index in [1.807, 2.05) is 6.92 Å². The monoisotopic (exact) mass is 645 g/mol. The Morgan fingerprint density at radius 3 is 2.55 bits per heavy atom. The third-order valence-electron chi connectivity index (χ3n) is 13.3. The van der Waals surface area contributed by atoms with Crippen molar-refractivity contribution in [1.82, 2.24) is 29.8 Å². The Morgan fingerprint density at radius 1 is 0.936 bits per heavy atom. The molecule has 7 aliphatic rings. The van der Waals surface area contributed by atoms with Gasteiger partial charge in [-0.25, -0.2) is 14.6 Å². The molecular weight excluding hydrogens is 598 g/mol. The minimum Gasteiger partial charge on any atom is -0.474 e. The molecule has 8 heterocycles. The molecule has 3 aromatic heterocycles. The lowest BCUT2D eigenvalue weighted by Crippen LogP contribution is -2.56. The maximum atomic E-state index is 11.3. The van der Waals surface area contributed by atoms with E-state index >= 15 is 0 Å². The molecule has 47 heavy (non-hydrogen) atoms. The van der Waals surface area contributed by atoms with E-state index in [4.69, 9.17) is 39.0 Å². The Morgan fingerprint density at radius 2 is 1.72 bits per heavy atom. The van der Waals surface area contributed by atoms with E-state index in [-0.39, 0.29) is 23.0 Å². The normalized spacial score (nSPS) is 33.2. The fourth-order valence-corrected chi connectivity index (χ4v) is 11.0. The van der Waals surface area contributed by atoms with E-state index in [0.29, 0.717) is 43.8 Å². The van der Waals surface area contributed by atoms with Gasteiger partial charge in [0.2, 0.25) is 5.88 Å². The molecule has 5 aliphatic heterocycles. The standard InChI is InChI=1S/C35H47N7O5/c1-22(34-12-6-16-40(34)17-7-13-34)42-30-25-29(41-21-32(2,43)15-9-23(41)20-44-31(25)38-42)36-28(37-30)26-24-8-5-11-33(27(24)47-39-26)10-3-4-14-35(33)45-18-19-46-35/h22-23,43H,3-21H2,1-2H3/t22?,23-,32-,33+/m1/s1. The number of fused-ring (bicyclic) bond motifs is 6. The quantitative estimate of drug-likeness (QED) is 0.427. The number of aromatic nitrogens is 5. The summed E-state index contributed by atoms with van der Waals surface area (Å²) < 4.78 is 28.0. The molecule has 3 aromatic rings. The first kappa shape index (κ1) is 29.1. The first-order valence-electron chi connectivity index (χ1n) is 18.3. The van der Waals surface area contributed by atoms with Gasteiger partial charge in [-0.2, -0.15) is 0 Å². The highest BCUT2D eigenvalue weighted by Crippen LogP contribution is 2.57. The summed E-state index contributed by atoms with van der Waals surface area (Å²) in [7, 11) is 0. The Hall–Kier alpha value is -2.80. The minimum absolute atomic E-state index is 0.0684. The van der Waals surface area contributed by atoms with Crippen molar-refractivity contribution in [3.63, 3.8) is 0 Å². The molecule has 5 fully saturated rings. The van der Waals surface area contributed by atoms with Crippen LogP contribution < -0.4 is 9.64 Å². The molecule has 1 N–H and O–H groups in total. The van der Waals surface area contributed by atoms with Crippen LogP contribution in [0.3, 0.4) is 0 Å². The molecule has 0 aromatic carbocycles. The molecular formula is C35H47N7O5. The minimum atomic E-state index is -0.828. The molecule has 0 amide bonds. The van der Waals surface area contributed by atoms with Crippen LogP contribution in [-0.2, 0) is 21.3 Å². The number of anilines is 1. The zero-order chi connectivity index (χ0) is 31.6. The smallest absolute Gasteiger partial charge is 0.246 e. The zero-order valence-corrected chi connectivity index (χ0v) is 27.8. The number of piperidine rings is 1. The van der Waals surface area contributed by atoms with Crippen LogP contribution in [0.1, 0.15) is 108 Å². The fourth-order valence-electron chi connectivity index (χ4n) is 11.0. The molecule has 0 radical (unpaired) electrons. The van der Waals surface area contributed by atoms with Crippen molar-refractivity contribution in [2.24, 2.45) is 0 Å². The average molecular weight is 646 g/mol. The number of ether oxygens (including phenoxy) is 3. The lowest BCUT2D eigenvalue weighted by atomic mass is 9.61. The molecule has 10 rings (SSSR count). The summed E-state index contributed by atoms with van der Waals surface area (Å²) in [6.45, 7) is 8.74. The predicted octanol–water partition coefficient (Wildman–Crippen LogP) is 4.67. The summed E-state index contributed by atoms with van der Waals surface area (Å²) >= 11 is 0. The van der Waals surface area contributed by atoms with Gasteiger partial charge >= 0.3 is 0 Å². The molecule has 4 saturated heterocycles. The summed E-state index contributed by atoms with van der Waals surface area (Å²) in [5.74, 6) is 2.21. The van der Waals surface area contributed by atoms with E-state index in [0.717, 1.165) is 99.1 Å². The largest absolute Gasteiger partial charge is 0.474 e. The Bertz CT molecular complexity index is 1720. The molecule has 0 bridgehead atoms. The third-order valence-corrected chi connectivity index (χ3v) is 13.3. The summed E-state index contributed by atoms with van der Waals surface area (Å²) in [6.07, 6.45) is 13.2. The molecule has 2 aliphatic carbocycles. The van der Waals surface area contributed by atoms with Gasteiger partial charge < -0.3 is 28.7 Å². The van der Waals surface area contributed by atoms with Gasteiger partial charge in [-0.05, 0) is 97.6 Å². The summed E-state index contributed by atoms with van der Waals surface area (Å²) in [6, 6.07) is 0.198. The van der Waals surface area contributed by atoms with Gasteiger partial charge in [-0.3, -0.25) is 4.90 Å². The van der Waals surface area contributed by atoms with E-state index in [2.05, 4.69) is 21.4 Å². The fraction of sp³-hybridized carbons (Fsp3) is 0.771. The first-order chi connectivity index (χ1) is 22.8. The lowest BCUT2D eigenvalue weighted by Gasteiger charge is -2.50. The highest BCUT2D eigenvalue weighted by atomic mass is 16.7. The number of hydrogen-bond donors (Lipinski definition) is 1. The van der Waals surface area contributed by atoms with Crippen molar-refractivity contribution in [3.8, 4) is 17.4 Å². The van der Waals surface area contributed by atoms with Crippen molar-refractivity contribution in [3.05, 3.63) is 11.3 Å². The maximum absolute atomic E-state index is 11.3. The van der Waals surface area contributed by atoms with Gasteiger partial charge in [0.15, 0.2) is 28.7 Å². The second kappa shape index (κ2) is 10.1. The van der Waals surface area contributed by atoms with Crippen LogP contribution in [0, 0.1) is 0 Å². The molecule has 12 heteroatoms. The molecule has 1 unspecified atom stereocenters. The zero-order valence-electron chi connectivity index (χ0n) is 27.8. The van der Waals surface area contributed by atoms with Crippen molar-refractivity contribution in [2.75, 3.05) is 44.4 Å². The predicted molar refractivity (Wildman–Crippen MR) is 173 cm³/mol. The highest BCUT2D eigenvalue weighted by molar-refractivity contribution is 5.94. The molecule has 2 spiro atoms. The van der Waals surface area contributed by atoms with Crippen LogP contribution in [0.5, 0.6) is 5.88 Å². The van der Waals surface area contributed by atoms with Crippen molar-refractivity contribution >= 4 is 16.9 Å². The Labute approximate surface area is 275 Å². The maximum Gasteiger partial charge on any atom is 0.246 e. The molecule has 12 nitrogen and oxygen atoms in total. The van der Waals surface area contributed by atoms with Gasteiger partial charge in [0.05, 0.1) is 36.3 Å². The van der Waals surface area contributed by atoms with Crippen LogP contribution in [0.2, 0.25) is 0 Å². The molecule has 1 saturated carbocycles. The van der Waals surface area contributed by atoms with Crippen molar-refractivity contribution in [1.29, 1.82) is 0 Å². The van der Waals surface area contributed by atoms with Crippen LogP contribution in [0.4, 0.5) is 5.82 Å². The second-order valence-corrected chi connectivity index (χ2v) is 15.9. The lowest BCUT2D eigenvalue weighted by molar-refractivity contribution is -0.235. The SMILES string of the molecule is CC(n1nc2c3c(nc(-c4noc5c4CCC[C@@]54CCCCC45OCCO5)nc31)N1C[C@](C)(O)CC[C@@H]1CO2)C12CCCN1CCC2. The van der Waals surface area contributed by atoms with Gasteiger partial charge in [0.25, 0.3) is 0 Å². The van der Waals surface area contributed by atoms with E-state index in [1.165, 1.54) is 25.7 Å². The summed E-state index contributed by atoms with van der Waals surface area (Å²) in [5, 5.41) is 22.1. The van der Waals surface area contributed by atoms with Gasteiger partial charge in [-0.1, -0.05) is 11.6 Å². The molecule has 252 valence electrons. The summed E-state index contributed by atoms with van der Waals surface area (Å²) in [4.78, 5) is 15.6. The number of hydrogen-bond acceptors (Lipinski definition) is 11. The molecule has 4 atom stereocenters. The second-order valence-electron chi connectivity index (χ2n) is 15.9. The topological polar surface area (TPSA) is 124 Å². The van der Waals surface area contributed by atoms with E-state index in [9.17, 15) is 5.11 Å². The van der Waals surface area contributed by atoms with Gasteiger partial charge in [0, 0.05) is 24.1 Å². The van der Waals surface area contributed by atoms with Gasteiger partial charge in [-0.15, -0.1) is 5.10 Å². The number of aliphatic hydroxyl groups is 1. The summed E-state index contributed by atoms with van der Waals surface area (Å²) in [5.41, 5.74) is 1.48. The number of rotatable bonds is 3. The Balaban J connectivity index is 1.16. The van der Waals surface area contributed by atoms with Crippen LogP contribution in [0.25, 0.3) is 22.6 Å². The first-order valence-corrected chi connectivity index (χ1v) is 18.3. The highest BCUT2D eigenvalue weighted by Gasteiger charge is 2.62.